The maximum atomic E-state index is 9.54. The largest absolute Gasteiger partial charge is 0.497 e. The fourth-order valence-corrected chi connectivity index (χ4v) is 2.67. The Morgan fingerprint density at radius 3 is 2.46 bits per heavy atom. The number of rotatable bonds is 8. The zero-order valence-corrected chi connectivity index (χ0v) is 16.0. The number of halogens is 1. The van der Waals surface area contributed by atoms with Gasteiger partial charge in [-0.2, -0.15) is 5.26 Å². The van der Waals surface area contributed by atoms with Crippen molar-refractivity contribution in [2.45, 2.75) is 20.3 Å². The zero-order chi connectivity index (χ0) is 18.9. The quantitative estimate of drug-likeness (QED) is 0.447. The molecule has 0 saturated carbocycles. The van der Waals surface area contributed by atoms with Crippen LogP contribution >= 0.6 is 11.6 Å². The Labute approximate surface area is 159 Å². The van der Waals surface area contributed by atoms with Crippen molar-refractivity contribution >= 4 is 23.3 Å². The molecule has 0 spiro atoms. The Kier molecular flexibility index (Phi) is 7.37. The average Bonchev–Trinajstić information content (AvgIpc) is 2.66. The Balaban J connectivity index is 2.41. The van der Waals surface area contributed by atoms with E-state index < -0.39 is 0 Å². The minimum absolute atomic E-state index is 0.461. The van der Waals surface area contributed by atoms with Gasteiger partial charge in [-0.3, -0.25) is 0 Å². The summed E-state index contributed by atoms with van der Waals surface area (Å²) in [6.45, 7) is 4.98. The number of allylic oxidation sites excluding steroid dienone is 1. The van der Waals surface area contributed by atoms with Gasteiger partial charge >= 0.3 is 0 Å². The van der Waals surface area contributed by atoms with Crippen molar-refractivity contribution in [2.75, 3.05) is 20.3 Å². The molecule has 4 nitrogen and oxygen atoms in total. The highest BCUT2D eigenvalue weighted by Crippen LogP contribution is 2.37. The van der Waals surface area contributed by atoms with Crippen molar-refractivity contribution in [2.24, 2.45) is 0 Å². The number of hydrogen-bond donors (Lipinski definition) is 0. The molecule has 2 aromatic carbocycles. The zero-order valence-electron chi connectivity index (χ0n) is 15.2. The van der Waals surface area contributed by atoms with Gasteiger partial charge in [-0.1, -0.05) is 18.5 Å². The lowest BCUT2D eigenvalue weighted by Crippen LogP contribution is -2.01. The second-order valence-corrected chi connectivity index (χ2v) is 5.92. The number of nitriles is 1. The third-order valence-electron chi connectivity index (χ3n) is 3.61. The molecule has 0 amide bonds. The van der Waals surface area contributed by atoms with Crippen molar-refractivity contribution < 1.29 is 14.2 Å². The highest BCUT2D eigenvalue weighted by molar-refractivity contribution is 6.32. The lowest BCUT2D eigenvalue weighted by Gasteiger charge is -2.14. The fraction of sp³-hybridized carbons (Fsp3) is 0.286. The number of benzene rings is 2. The lowest BCUT2D eigenvalue weighted by molar-refractivity contribution is 0.277. The topological polar surface area (TPSA) is 51.5 Å². The van der Waals surface area contributed by atoms with Crippen LogP contribution in [0.5, 0.6) is 17.2 Å². The van der Waals surface area contributed by atoms with Crippen molar-refractivity contribution in [3.05, 3.63) is 52.5 Å². The second kappa shape index (κ2) is 9.74. The van der Waals surface area contributed by atoms with E-state index in [0.29, 0.717) is 35.3 Å². The van der Waals surface area contributed by atoms with Gasteiger partial charge in [0, 0.05) is 0 Å². The monoisotopic (exact) mass is 371 g/mol. The van der Waals surface area contributed by atoms with Gasteiger partial charge in [-0.25, -0.2) is 0 Å². The van der Waals surface area contributed by atoms with Gasteiger partial charge in [0.25, 0.3) is 0 Å². The van der Waals surface area contributed by atoms with Gasteiger partial charge in [0.05, 0.1) is 37.0 Å². The molecule has 2 aromatic rings. The van der Waals surface area contributed by atoms with Crippen molar-refractivity contribution in [3.63, 3.8) is 0 Å². The summed E-state index contributed by atoms with van der Waals surface area (Å²) in [7, 11) is 1.61. The molecule has 0 aliphatic rings. The van der Waals surface area contributed by atoms with Crippen LogP contribution in [-0.2, 0) is 0 Å². The Morgan fingerprint density at radius 2 is 1.88 bits per heavy atom. The summed E-state index contributed by atoms with van der Waals surface area (Å²) in [6.07, 6.45) is 2.65. The first-order valence-corrected chi connectivity index (χ1v) is 8.86. The molecule has 0 aromatic heterocycles. The predicted molar refractivity (Wildman–Crippen MR) is 105 cm³/mol. The van der Waals surface area contributed by atoms with Gasteiger partial charge < -0.3 is 14.2 Å². The van der Waals surface area contributed by atoms with Gasteiger partial charge in [-0.15, -0.1) is 0 Å². The number of hydrogen-bond acceptors (Lipinski definition) is 4. The SMILES string of the molecule is CCCOc1c(Cl)cc(/C=C(\C#N)c2ccc(OC)cc2)cc1OCC. The van der Waals surface area contributed by atoms with Crippen LogP contribution in [0.25, 0.3) is 11.6 Å². The van der Waals surface area contributed by atoms with Crippen LogP contribution in [0.4, 0.5) is 0 Å². The van der Waals surface area contributed by atoms with E-state index in [1.165, 1.54) is 0 Å². The predicted octanol–water partition coefficient (Wildman–Crippen LogP) is 5.60. The van der Waals surface area contributed by atoms with Crippen molar-refractivity contribution in [1.29, 1.82) is 5.26 Å². The summed E-state index contributed by atoms with van der Waals surface area (Å²) in [4.78, 5) is 0. The van der Waals surface area contributed by atoms with E-state index >= 15 is 0 Å². The van der Waals surface area contributed by atoms with Gasteiger partial charge in [-0.05, 0) is 66.9 Å². The molecule has 0 aliphatic heterocycles. The summed E-state index contributed by atoms with van der Waals surface area (Å²) in [5.41, 5.74) is 2.09. The lowest BCUT2D eigenvalue weighted by atomic mass is 10.0. The van der Waals surface area contributed by atoms with Crippen LogP contribution in [0.3, 0.4) is 0 Å². The molecular formula is C21H22ClNO3. The molecule has 136 valence electrons. The van der Waals surface area contributed by atoms with Crippen LogP contribution in [0.2, 0.25) is 5.02 Å². The van der Waals surface area contributed by atoms with E-state index in [0.717, 1.165) is 23.3 Å². The van der Waals surface area contributed by atoms with Crippen molar-refractivity contribution in [3.8, 4) is 23.3 Å². The molecule has 0 N–H and O–H groups in total. The first-order valence-electron chi connectivity index (χ1n) is 8.48. The highest BCUT2D eigenvalue weighted by Gasteiger charge is 2.12. The molecule has 2 rings (SSSR count). The average molecular weight is 372 g/mol. The summed E-state index contributed by atoms with van der Waals surface area (Å²) in [5, 5.41) is 10.0. The number of methoxy groups -OCH3 is 1. The van der Waals surface area contributed by atoms with Crippen LogP contribution in [0.1, 0.15) is 31.4 Å². The van der Waals surface area contributed by atoms with E-state index in [1.807, 2.05) is 44.2 Å². The summed E-state index contributed by atoms with van der Waals surface area (Å²) >= 11 is 6.38. The standard InChI is InChI=1S/C21H22ClNO3/c1-4-10-26-21-19(22)12-15(13-20(21)25-5-2)11-17(14-23)16-6-8-18(24-3)9-7-16/h6-9,11-13H,4-5,10H2,1-3H3/b17-11+. The molecule has 0 atom stereocenters. The molecular weight excluding hydrogens is 350 g/mol. The van der Waals surface area contributed by atoms with E-state index in [4.69, 9.17) is 25.8 Å². The Bertz CT molecular complexity index is 807. The molecule has 26 heavy (non-hydrogen) atoms. The van der Waals surface area contributed by atoms with Crippen molar-refractivity contribution in [1.82, 2.24) is 0 Å². The van der Waals surface area contributed by atoms with Gasteiger partial charge in [0.1, 0.15) is 5.75 Å². The normalized spacial score (nSPS) is 11.0. The van der Waals surface area contributed by atoms with E-state index in [-0.39, 0.29) is 0 Å². The molecule has 0 aliphatic carbocycles. The second-order valence-electron chi connectivity index (χ2n) is 5.51. The minimum atomic E-state index is 0.461. The highest BCUT2D eigenvalue weighted by atomic mass is 35.5. The molecule has 0 bridgehead atoms. The summed E-state index contributed by atoms with van der Waals surface area (Å²) < 4.78 is 16.5. The summed E-state index contributed by atoms with van der Waals surface area (Å²) in [6, 6.07) is 13.2. The molecule has 5 heteroatoms. The van der Waals surface area contributed by atoms with E-state index in [1.54, 1.807) is 19.3 Å². The van der Waals surface area contributed by atoms with Gasteiger partial charge in [0.15, 0.2) is 11.5 Å². The van der Waals surface area contributed by atoms with Crippen LogP contribution in [-0.4, -0.2) is 20.3 Å². The minimum Gasteiger partial charge on any atom is -0.497 e. The van der Waals surface area contributed by atoms with Gasteiger partial charge in [0.2, 0.25) is 0 Å². The molecule has 0 radical (unpaired) electrons. The van der Waals surface area contributed by atoms with Crippen LogP contribution < -0.4 is 14.2 Å². The first kappa shape index (κ1) is 19.7. The van der Waals surface area contributed by atoms with Crippen LogP contribution in [0, 0.1) is 11.3 Å². The first-order chi connectivity index (χ1) is 12.6. The van der Waals surface area contributed by atoms with E-state index in [2.05, 4.69) is 6.07 Å². The molecule has 0 saturated heterocycles. The number of ether oxygens (including phenoxy) is 3. The molecule has 0 unspecified atom stereocenters. The number of nitrogens with zero attached hydrogens (tertiary/aromatic N) is 1. The maximum Gasteiger partial charge on any atom is 0.179 e. The molecule has 0 fully saturated rings. The molecule has 0 heterocycles. The maximum absolute atomic E-state index is 9.54. The fourth-order valence-electron chi connectivity index (χ4n) is 2.40. The Hall–Kier alpha value is -2.64. The Morgan fingerprint density at radius 1 is 1.15 bits per heavy atom. The third kappa shape index (κ3) is 4.93. The van der Waals surface area contributed by atoms with E-state index in [9.17, 15) is 5.26 Å². The smallest absolute Gasteiger partial charge is 0.179 e. The third-order valence-corrected chi connectivity index (χ3v) is 3.90. The van der Waals surface area contributed by atoms with Crippen LogP contribution in [0.15, 0.2) is 36.4 Å². The summed E-state index contributed by atoms with van der Waals surface area (Å²) in [5.74, 6) is 1.85.